The van der Waals surface area contributed by atoms with Crippen LogP contribution in [0.5, 0.6) is 0 Å². The fraction of sp³-hybridized carbons (Fsp3) is 0.227. The maximum atomic E-state index is 12.9. The van der Waals surface area contributed by atoms with Gasteiger partial charge in [0.1, 0.15) is 6.54 Å². The van der Waals surface area contributed by atoms with E-state index in [1.165, 1.54) is 0 Å². The maximum Gasteiger partial charge on any atom is 0.325 e. The first-order valence-corrected chi connectivity index (χ1v) is 8.91. The lowest BCUT2D eigenvalue weighted by Crippen LogP contribution is -2.31. The number of esters is 1. The molecule has 0 spiro atoms. The van der Waals surface area contributed by atoms with Gasteiger partial charge in [-0.1, -0.05) is 48.0 Å². The third kappa shape index (κ3) is 3.97. The van der Waals surface area contributed by atoms with Gasteiger partial charge in [0, 0.05) is 10.9 Å². The van der Waals surface area contributed by atoms with Crippen LogP contribution in [0.15, 0.2) is 48.5 Å². The van der Waals surface area contributed by atoms with E-state index in [2.05, 4.69) is 5.32 Å². The van der Waals surface area contributed by atoms with Gasteiger partial charge in [0.05, 0.1) is 23.4 Å². The summed E-state index contributed by atoms with van der Waals surface area (Å²) in [5, 5.41) is 3.42. The SMILES string of the molecule is CCOC(=O)CNC(=O)c1c(C)c(-c2ccc(C)cc2)nc2ccccc12. The predicted molar refractivity (Wildman–Crippen MR) is 106 cm³/mol. The number of aromatic nitrogens is 1. The number of rotatable bonds is 5. The van der Waals surface area contributed by atoms with Gasteiger partial charge in [-0.05, 0) is 32.4 Å². The van der Waals surface area contributed by atoms with Crippen LogP contribution in [0.1, 0.15) is 28.4 Å². The highest BCUT2D eigenvalue weighted by atomic mass is 16.5. The average molecular weight is 362 g/mol. The zero-order valence-corrected chi connectivity index (χ0v) is 15.7. The Bertz CT molecular complexity index is 994. The molecule has 2 aromatic carbocycles. The first kappa shape index (κ1) is 18.6. The Morgan fingerprint density at radius 3 is 2.44 bits per heavy atom. The number of para-hydroxylation sites is 1. The number of aryl methyl sites for hydroxylation is 1. The van der Waals surface area contributed by atoms with Crippen molar-refractivity contribution in [2.45, 2.75) is 20.8 Å². The lowest BCUT2D eigenvalue weighted by molar-refractivity contribution is -0.141. The molecule has 1 amide bonds. The number of nitrogens with one attached hydrogen (secondary N) is 1. The zero-order valence-electron chi connectivity index (χ0n) is 15.7. The number of hydrogen-bond donors (Lipinski definition) is 1. The Balaban J connectivity index is 2.07. The van der Waals surface area contributed by atoms with Gasteiger partial charge in [-0.3, -0.25) is 9.59 Å². The third-order valence-electron chi connectivity index (χ3n) is 4.39. The van der Waals surface area contributed by atoms with Crippen LogP contribution in [0.25, 0.3) is 22.2 Å². The van der Waals surface area contributed by atoms with Gasteiger partial charge in [0.2, 0.25) is 0 Å². The van der Waals surface area contributed by atoms with Crippen molar-refractivity contribution >= 4 is 22.8 Å². The molecule has 5 nitrogen and oxygen atoms in total. The average Bonchev–Trinajstić information content (AvgIpc) is 2.67. The van der Waals surface area contributed by atoms with Crippen LogP contribution in [0, 0.1) is 13.8 Å². The van der Waals surface area contributed by atoms with Gasteiger partial charge in [-0.2, -0.15) is 0 Å². The molecule has 0 aliphatic rings. The lowest BCUT2D eigenvalue weighted by atomic mass is 9.97. The summed E-state index contributed by atoms with van der Waals surface area (Å²) in [6, 6.07) is 15.6. The molecule has 3 aromatic rings. The number of benzene rings is 2. The second-order valence-corrected chi connectivity index (χ2v) is 6.33. The quantitative estimate of drug-likeness (QED) is 0.701. The molecule has 0 saturated carbocycles. The molecule has 0 aliphatic carbocycles. The number of fused-ring (bicyclic) bond motifs is 1. The summed E-state index contributed by atoms with van der Waals surface area (Å²) >= 11 is 0. The van der Waals surface area contributed by atoms with E-state index in [4.69, 9.17) is 9.72 Å². The molecule has 0 fully saturated rings. The highest BCUT2D eigenvalue weighted by Gasteiger charge is 2.19. The molecule has 138 valence electrons. The van der Waals surface area contributed by atoms with Gasteiger partial charge < -0.3 is 10.1 Å². The van der Waals surface area contributed by atoms with Gasteiger partial charge >= 0.3 is 5.97 Å². The van der Waals surface area contributed by atoms with E-state index in [-0.39, 0.29) is 19.1 Å². The Labute approximate surface area is 158 Å². The number of carbonyl (C=O) groups is 2. The molecule has 0 bridgehead atoms. The minimum Gasteiger partial charge on any atom is -0.465 e. The van der Waals surface area contributed by atoms with Crippen LogP contribution < -0.4 is 5.32 Å². The highest BCUT2D eigenvalue weighted by molar-refractivity contribution is 6.09. The van der Waals surface area contributed by atoms with Crippen LogP contribution in [-0.4, -0.2) is 30.0 Å². The van der Waals surface area contributed by atoms with E-state index < -0.39 is 5.97 Å². The van der Waals surface area contributed by atoms with E-state index >= 15 is 0 Å². The normalized spacial score (nSPS) is 10.6. The molecule has 0 saturated heterocycles. The van der Waals surface area contributed by atoms with Gasteiger partial charge in [0.25, 0.3) is 5.91 Å². The predicted octanol–water partition coefficient (Wildman–Crippen LogP) is 3.81. The molecule has 5 heteroatoms. The molecule has 0 unspecified atom stereocenters. The van der Waals surface area contributed by atoms with Crippen molar-refractivity contribution in [3.8, 4) is 11.3 Å². The summed E-state index contributed by atoms with van der Waals surface area (Å²) in [6.45, 7) is 5.76. The Morgan fingerprint density at radius 1 is 1.04 bits per heavy atom. The summed E-state index contributed by atoms with van der Waals surface area (Å²) in [7, 11) is 0. The molecular weight excluding hydrogens is 340 g/mol. The molecule has 0 radical (unpaired) electrons. The molecule has 1 heterocycles. The first-order valence-electron chi connectivity index (χ1n) is 8.91. The van der Waals surface area contributed by atoms with Crippen LogP contribution in [0.2, 0.25) is 0 Å². The number of pyridine rings is 1. The lowest BCUT2D eigenvalue weighted by Gasteiger charge is -2.15. The van der Waals surface area contributed by atoms with Gasteiger partial charge in [0.15, 0.2) is 0 Å². The van der Waals surface area contributed by atoms with Crippen LogP contribution in [0.3, 0.4) is 0 Å². The summed E-state index contributed by atoms with van der Waals surface area (Å²) in [5.74, 6) is -0.770. The maximum absolute atomic E-state index is 12.9. The van der Waals surface area contributed by atoms with Crippen molar-refractivity contribution in [2.75, 3.05) is 13.2 Å². The number of ether oxygens (including phenoxy) is 1. The first-order chi connectivity index (χ1) is 13.0. The van der Waals surface area contributed by atoms with Crippen LogP contribution in [-0.2, 0) is 9.53 Å². The monoisotopic (exact) mass is 362 g/mol. The number of amides is 1. The molecule has 0 atom stereocenters. The van der Waals surface area contributed by atoms with E-state index in [1.54, 1.807) is 6.92 Å². The third-order valence-corrected chi connectivity index (χ3v) is 4.39. The van der Waals surface area contributed by atoms with Crippen molar-refractivity contribution in [3.05, 3.63) is 65.2 Å². The summed E-state index contributed by atoms with van der Waals surface area (Å²) < 4.78 is 4.88. The smallest absolute Gasteiger partial charge is 0.325 e. The summed E-state index contributed by atoms with van der Waals surface area (Å²) in [6.07, 6.45) is 0. The molecule has 1 aromatic heterocycles. The van der Waals surface area contributed by atoms with Gasteiger partial charge in [-0.15, -0.1) is 0 Å². The minimum absolute atomic E-state index is 0.164. The second-order valence-electron chi connectivity index (χ2n) is 6.33. The summed E-state index contributed by atoms with van der Waals surface area (Å²) in [4.78, 5) is 29.2. The van der Waals surface area contributed by atoms with E-state index in [0.717, 1.165) is 33.3 Å². The largest absolute Gasteiger partial charge is 0.465 e. The zero-order chi connectivity index (χ0) is 19.4. The van der Waals surface area contributed by atoms with Gasteiger partial charge in [-0.25, -0.2) is 4.98 Å². The molecule has 1 N–H and O–H groups in total. The van der Waals surface area contributed by atoms with Crippen molar-refractivity contribution in [1.29, 1.82) is 0 Å². The Hall–Kier alpha value is -3.21. The fourth-order valence-electron chi connectivity index (χ4n) is 3.05. The topological polar surface area (TPSA) is 68.3 Å². The molecule has 3 rings (SSSR count). The number of hydrogen-bond acceptors (Lipinski definition) is 4. The van der Waals surface area contributed by atoms with E-state index in [1.807, 2.05) is 62.4 Å². The van der Waals surface area contributed by atoms with Crippen LogP contribution in [0.4, 0.5) is 0 Å². The van der Waals surface area contributed by atoms with E-state index in [9.17, 15) is 9.59 Å². The van der Waals surface area contributed by atoms with Crippen molar-refractivity contribution in [1.82, 2.24) is 10.3 Å². The summed E-state index contributed by atoms with van der Waals surface area (Å²) in [5.41, 5.74) is 4.90. The van der Waals surface area contributed by atoms with Crippen molar-refractivity contribution < 1.29 is 14.3 Å². The molecule has 27 heavy (non-hydrogen) atoms. The second kappa shape index (κ2) is 7.99. The number of nitrogens with zero attached hydrogens (tertiary/aromatic N) is 1. The fourth-order valence-corrected chi connectivity index (χ4v) is 3.05. The minimum atomic E-state index is -0.458. The molecule has 0 aliphatic heterocycles. The number of carbonyl (C=O) groups excluding carboxylic acids is 2. The van der Waals surface area contributed by atoms with Crippen molar-refractivity contribution in [2.24, 2.45) is 0 Å². The van der Waals surface area contributed by atoms with E-state index in [0.29, 0.717) is 5.56 Å². The Morgan fingerprint density at radius 2 is 1.74 bits per heavy atom. The standard InChI is InChI=1S/C22H22N2O3/c1-4-27-19(25)13-23-22(26)20-15(3)21(16-11-9-14(2)10-12-16)24-18-8-6-5-7-17(18)20/h5-12H,4,13H2,1-3H3,(H,23,26). The Kier molecular flexibility index (Phi) is 5.50. The highest BCUT2D eigenvalue weighted by Crippen LogP contribution is 2.29. The van der Waals surface area contributed by atoms with Crippen molar-refractivity contribution in [3.63, 3.8) is 0 Å². The van der Waals surface area contributed by atoms with Crippen LogP contribution >= 0.6 is 0 Å². The molecular formula is C22H22N2O3.